The van der Waals surface area contributed by atoms with Gasteiger partial charge in [0.2, 0.25) is 0 Å². The van der Waals surface area contributed by atoms with Gasteiger partial charge in [-0.05, 0) is 29.7 Å². The number of aryl methyl sites for hydroxylation is 1. The van der Waals surface area contributed by atoms with Crippen molar-refractivity contribution in [3.8, 4) is 0 Å². The number of nitrogens with zero attached hydrogens (tertiary/aromatic N) is 1. The average molecular weight is 335 g/mol. The van der Waals surface area contributed by atoms with Crippen LogP contribution in [0.3, 0.4) is 0 Å². The zero-order chi connectivity index (χ0) is 14.5. The molecule has 0 radical (unpaired) electrons. The minimum atomic E-state index is -0.379. The van der Waals surface area contributed by atoms with Crippen molar-refractivity contribution >= 4 is 21.6 Å². The van der Waals surface area contributed by atoms with E-state index in [0.29, 0.717) is 6.54 Å². The summed E-state index contributed by atoms with van der Waals surface area (Å²) in [6.07, 6.45) is 0. The minimum absolute atomic E-state index is 0.104. The highest BCUT2D eigenvalue weighted by atomic mass is 79.9. The zero-order valence-corrected chi connectivity index (χ0v) is 12.7. The topological polar surface area (TPSA) is 55.2 Å². The molecule has 1 N–H and O–H groups in total. The van der Waals surface area contributed by atoms with E-state index < -0.39 is 0 Å². The number of halogens is 1. The Morgan fingerprint density at radius 2 is 1.95 bits per heavy atom. The van der Waals surface area contributed by atoms with E-state index in [9.17, 15) is 10.1 Å². The van der Waals surface area contributed by atoms with Crippen molar-refractivity contribution in [1.82, 2.24) is 5.32 Å². The lowest BCUT2D eigenvalue weighted by molar-refractivity contribution is -0.385. The number of nitrogens with one attached hydrogen (secondary N) is 1. The van der Waals surface area contributed by atoms with E-state index in [1.807, 2.05) is 18.2 Å². The molecule has 0 aliphatic heterocycles. The first kappa shape index (κ1) is 14.7. The molecule has 0 aliphatic carbocycles. The summed E-state index contributed by atoms with van der Waals surface area (Å²) in [6.45, 7) is 3.41. The Labute approximate surface area is 126 Å². The number of nitro groups is 1. The molecule has 0 fully saturated rings. The third kappa shape index (κ3) is 3.88. The summed E-state index contributed by atoms with van der Waals surface area (Å²) >= 11 is 3.30. The minimum Gasteiger partial charge on any atom is -0.309 e. The van der Waals surface area contributed by atoms with Crippen molar-refractivity contribution in [2.75, 3.05) is 0 Å². The predicted molar refractivity (Wildman–Crippen MR) is 82.5 cm³/mol. The maximum Gasteiger partial charge on any atom is 0.270 e. The van der Waals surface area contributed by atoms with E-state index in [-0.39, 0.29) is 10.6 Å². The molecule has 2 rings (SSSR count). The summed E-state index contributed by atoms with van der Waals surface area (Å²) in [5.74, 6) is 0. The largest absolute Gasteiger partial charge is 0.309 e. The number of nitro benzene ring substituents is 1. The van der Waals surface area contributed by atoms with Crippen LogP contribution in [-0.4, -0.2) is 4.92 Å². The average Bonchev–Trinajstić information content (AvgIpc) is 2.40. The van der Waals surface area contributed by atoms with Gasteiger partial charge in [0.05, 0.1) is 4.92 Å². The van der Waals surface area contributed by atoms with Crippen LogP contribution in [-0.2, 0) is 13.1 Å². The Bertz CT molecular complexity index is 629. The molecule has 2 aromatic carbocycles. The Morgan fingerprint density at radius 3 is 2.65 bits per heavy atom. The zero-order valence-electron chi connectivity index (χ0n) is 11.1. The molecule has 5 heteroatoms. The molecule has 20 heavy (non-hydrogen) atoms. The van der Waals surface area contributed by atoms with Gasteiger partial charge in [0, 0.05) is 29.7 Å². The van der Waals surface area contributed by atoms with Gasteiger partial charge >= 0.3 is 0 Å². The second-order valence-electron chi connectivity index (χ2n) is 4.60. The first-order valence-electron chi connectivity index (χ1n) is 6.25. The van der Waals surface area contributed by atoms with Gasteiger partial charge in [0.1, 0.15) is 0 Å². The molecule has 0 heterocycles. The second kappa shape index (κ2) is 6.63. The molecule has 104 valence electrons. The van der Waals surface area contributed by atoms with E-state index >= 15 is 0 Å². The highest BCUT2D eigenvalue weighted by Gasteiger charge is 2.08. The van der Waals surface area contributed by atoms with Crippen molar-refractivity contribution in [1.29, 1.82) is 0 Å². The van der Waals surface area contributed by atoms with Crippen LogP contribution in [0.1, 0.15) is 16.7 Å². The lowest BCUT2D eigenvalue weighted by Crippen LogP contribution is -2.13. The highest BCUT2D eigenvalue weighted by molar-refractivity contribution is 9.10. The summed E-state index contributed by atoms with van der Waals surface area (Å²) in [5.41, 5.74) is 3.46. The third-order valence-electron chi connectivity index (χ3n) is 3.06. The molecule has 0 unspecified atom stereocenters. The molecule has 0 amide bonds. The second-order valence-corrected chi connectivity index (χ2v) is 5.52. The van der Waals surface area contributed by atoms with E-state index in [0.717, 1.165) is 16.6 Å². The van der Waals surface area contributed by atoms with Crippen LogP contribution in [0, 0.1) is 17.0 Å². The van der Waals surface area contributed by atoms with Crippen LogP contribution < -0.4 is 5.32 Å². The SMILES string of the molecule is Cc1ccccc1CNCc1cc(Br)cc([N+](=O)[O-])c1. The lowest BCUT2D eigenvalue weighted by Gasteiger charge is -2.08. The molecule has 0 saturated carbocycles. The maximum absolute atomic E-state index is 10.8. The first-order valence-corrected chi connectivity index (χ1v) is 7.04. The Morgan fingerprint density at radius 1 is 1.20 bits per heavy atom. The van der Waals surface area contributed by atoms with Crippen LogP contribution >= 0.6 is 15.9 Å². The van der Waals surface area contributed by atoms with Gasteiger partial charge in [-0.2, -0.15) is 0 Å². The monoisotopic (exact) mass is 334 g/mol. The third-order valence-corrected chi connectivity index (χ3v) is 3.52. The van der Waals surface area contributed by atoms with Crippen LogP contribution in [0.4, 0.5) is 5.69 Å². The van der Waals surface area contributed by atoms with Gasteiger partial charge in [0.25, 0.3) is 5.69 Å². The van der Waals surface area contributed by atoms with Gasteiger partial charge in [-0.1, -0.05) is 40.2 Å². The van der Waals surface area contributed by atoms with Crippen LogP contribution in [0.25, 0.3) is 0 Å². The van der Waals surface area contributed by atoms with E-state index in [2.05, 4.69) is 40.3 Å². The quantitative estimate of drug-likeness (QED) is 0.665. The smallest absolute Gasteiger partial charge is 0.270 e. The highest BCUT2D eigenvalue weighted by Crippen LogP contribution is 2.21. The van der Waals surface area contributed by atoms with Crippen molar-refractivity contribution < 1.29 is 4.92 Å². The van der Waals surface area contributed by atoms with Crippen LogP contribution in [0.2, 0.25) is 0 Å². The normalized spacial score (nSPS) is 10.5. The molecule has 2 aromatic rings. The van der Waals surface area contributed by atoms with Crippen molar-refractivity contribution in [3.63, 3.8) is 0 Å². The molecule has 0 saturated heterocycles. The van der Waals surface area contributed by atoms with E-state index in [1.54, 1.807) is 6.07 Å². The fraction of sp³-hybridized carbons (Fsp3) is 0.200. The number of rotatable bonds is 5. The van der Waals surface area contributed by atoms with Gasteiger partial charge < -0.3 is 5.32 Å². The lowest BCUT2D eigenvalue weighted by atomic mass is 10.1. The Kier molecular flexibility index (Phi) is 4.87. The number of hydrogen-bond donors (Lipinski definition) is 1. The van der Waals surface area contributed by atoms with Crippen LogP contribution in [0.15, 0.2) is 46.9 Å². The van der Waals surface area contributed by atoms with E-state index in [1.165, 1.54) is 17.2 Å². The van der Waals surface area contributed by atoms with Gasteiger partial charge in [-0.3, -0.25) is 10.1 Å². The van der Waals surface area contributed by atoms with Gasteiger partial charge in [0.15, 0.2) is 0 Å². The number of benzene rings is 2. The summed E-state index contributed by atoms with van der Waals surface area (Å²) in [7, 11) is 0. The van der Waals surface area contributed by atoms with Gasteiger partial charge in [-0.15, -0.1) is 0 Å². The molecule has 0 aromatic heterocycles. The summed E-state index contributed by atoms with van der Waals surface area (Å²) in [4.78, 5) is 10.4. The molecule has 0 spiro atoms. The van der Waals surface area contributed by atoms with Crippen LogP contribution in [0.5, 0.6) is 0 Å². The standard InChI is InChI=1S/C15H15BrN2O2/c1-11-4-2-3-5-13(11)10-17-9-12-6-14(16)8-15(7-12)18(19)20/h2-8,17H,9-10H2,1H3. The summed E-state index contributed by atoms with van der Waals surface area (Å²) in [6, 6.07) is 13.1. The molecule has 0 atom stereocenters. The van der Waals surface area contributed by atoms with E-state index in [4.69, 9.17) is 0 Å². The Hall–Kier alpha value is -1.72. The molecular weight excluding hydrogens is 320 g/mol. The predicted octanol–water partition coefficient (Wildman–Crippen LogP) is 3.96. The number of non-ortho nitro benzene ring substituents is 1. The fourth-order valence-electron chi connectivity index (χ4n) is 1.99. The van der Waals surface area contributed by atoms with Gasteiger partial charge in [-0.25, -0.2) is 0 Å². The molecule has 0 aliphatic rings. The molecule has 4 nitrogen and oxygen atoms in total. The van der Waals surface area contributed by atoms with Crippen molar-refractivity contribution in [3.05, 3.63) is 73.7 Å². The molecule has 0 bridgehead atoms. The van der Waals surface area contributed by atoms with Crippen molar-refractivity contribution in [2.45, 2.75) is 20.0 Å². The summed E-state index contributed by atoms with van der Waals surface area (Å²) < 4.78 is 0.722. The van der Waals surface area contributed by atoms with Crippen molar-refractivity contribution in [2.24, 2.45) is 0 Å². The number of hydrogen-bond acceptors (Lipinski definition) is 3. The summed E-state index contributed by atoms with van der Waals surface area (Å²) in [5, 5.41) is 14.1. The fourth-order valence-corrected chi connectivity index (χ4v) is 2.52. The maximum atomic E-state index is 10.8. The first-order chi connectivity index (χ1) is 9.56. The Balaban J connectivity index is 2.01. The molecular formula is C15H15BrN2O2.